The van der Waals surface area contributed by atoms with Gasteiger partial charge in [-0.1, -0.05) is 36.7 Å². The zero-order valence-corrected chi connectivity index (χ0v) is 23.1. The molecular formula is C30H30O6S2. The molecule has 3 aromatic carbocycles. The molecule has 0 spiro atoms. The van der Waals surface area contributed by atoms with Crippen molar-refractivity contribution in [2.75, 3.05) is 26.4 Å². The van der Waals surface area contributed by atoms with Gasteiger partial charge in [0, 0.05) is 30.7 Å². The molecule has 0 saturated carbocycles. The fourth-order valence-corrected chi connectivity index (χ4v) is 4.52. The molecule has 0 atom stereocenters. The van der Waals surface area contributed by atoms with Crippen LogP contribution in [0.3, 0.4) is 0 Å². The minimum atomic E-state index is -0.412. The Morgan fingerprint density at radius 2 is 0.842 bits per heavy atom. The van der Waals surface area contributed by atoms with Crippen LogP contribution in [0.2, 0.25) is 0 Å². The van der Waals surface area contributed by atoms with Crippen LogP contribution in [-0.4, -0.2) is 38.4 Å². The highest BCUT2D eigenvalue weighted by Gasteiger charge is 2.05. The normalized spacial score (nSPS) is 10.4. The van der Waals surface area contributed by atoms with Gasteiger partial charge < -0.3 is 18.9 Å². The minimum absolute atomic E-state index is 0.180. The summed E-state index contributed by atoms with van der Waals surface area (Å²) in [6.45, 7) is 11.2. The van der Waals surface area contributed by atoms with Gasteiger partial charge in [-0.25, -0.2) is 9.59 Å². The lowest BCUT2D eigenvalue weighted by atomic mass is 10.3. The molecule has 198 valence electrons. The van der Waals surface area contributed by atoms with Gasteiger partial charge in [0.15, 0.2) is 0 Å². The zero-order valence-electron chi connectivity index (χ0n) is 21.4. The Morgan fingerprint density at radius 1 is 0.553 bits per heavy atom. The maximum atomic E-state index is 11.4. The van der Waals surface area contributed by atoms with Crippen molar-refractivity contribution >= 4 is 35.5 Å². The summed E-state index contributed by atoms with van der Waals surface area (Å²) in [7, 11) is 0. The van der Waals surface area contributed by atoms with Crippen molar-refractivity contribution in [2.24, 2.45) is 0 Å². The summed E-state index contributed by atoms with van der Waals surface area (Å²) in [4.78, 5) is 27.2. The molecule has 3 rings (SSSR count). The van der Waals surface area contributed by atoms with Crippen molar-refractivity contribution in [1.29, 1.82) is 0 Å². The van der Waals surface area contributed by atoms with Crippen LogP contribution in [0.5, 0.6) is 11.5 Å². The van der Waals surface area contributed by atoms with Crippen LogP contribution in [-0.2, 0) is 19.1 Å². The number of benzene rings is 3. The van der Waals surface area contributed by atoms with Crippen molar-refractivity contribution in [3.63, 3.8) is 0 Å². The fraction of sp³-hybridized carbons (Fsp3) is 0.200. The highest BCUT2D eigenvalue weighted by atomic mass is 32.2. The number of esters is 2. The maximum absolute atomic E-state index is 11.4. The summed E-state index contributed by atoms with van der Waals surface area (Å²) < 4.78 is 21.3. The number of hydrogen-bond acceptors (Lipinski definition) is 8. The van der Waals surface area contributed by atoms with E-state index >= 15 is 0 Å². The number of carbonyl (C=O) groups is 2. The van der Waals surface area contributed by atoms with Gasteiger partial charge in [-0.3, -0.25) is 0 Å². The Morgan fingerprint density at radius 3 is 1.13 bits per heavy atom. The third-order valence-corrected chi connectivity index (χ3v) is 6.84. The molecule has 0 aliphatic rings. The highest BCUT2D eigenvalue weighted by Crippen LogP contribution is 2.33. The van der Waals surface area contributed by atoms with Crippen LogP contribution >= 0.6 is 23.5 Å². The van der Waals surface area contributed by atoms with Crippen LogP contribution in [0.4, 0.5) is 0 Å². The lowest BCUT2D eigenvalue weighted by Crippen LogP contribution is -2.12. The number of carbonyl (C=O) groups excluding carboxylic acids is 2. The lowest BCUT2D eigenvalue weighted by molar-refractivity contribution is -0.140. The third-order valence-electron chi connectivity index (χ3n) is 4.81. The smallest absolute Gasteiger partial charge is 0.333 e. The van der Waals surface area contributed by atoms with Crippen molar-refractivity contribution in [1.82, 2.24) is 0 Å². The zero-order chi connectivity index (χ0) is 27.3. The van der Waals surface area contributed by atoms with E-state index in [1.54, 1.807) is 37.4 Å². The molecule has 0 fully saturated rings. The molecule has 3 aromatic rings. The summed E-state index contributed by atoms with van der Waals surface area (Å²) >= 11 is 3.33. The topological polar surface area (TPSA) is 71.1 Å². The predicted octanol–water partition coefficient (Wildman–Crippen LogP) is 6.99. The van der Waals surface area contributed by atoms with Gasteiger partial charge in [-0.2, -0.15) is 0 Å². The van der Waals surface area contributed by atoms with Gasteiger partial charge in [0.1, 0.15) is 37.9 Å². The van der Waals surface area contributed by atoms with Crippen LogP contribution < -0.4 is 9.47 Å². The van der Waals surface area contributed by atoms with E-state index < -0.39 is 11.9 Å². The molecule has 0 saturated heterocycles. The standard InChI is InChI=1S/C30H30O6S2/c1-21(2)29(31)35-19-17-33-23-5-9-25(10-6-23)37-27-13-15-28(16-14-27)38-26-11-7-24(8-12-26)34-18-20-36-30(32)22(3)4/h5-16H,1,3,17-20H2,2,4H3. The molecule has 8 heteroatoms. The van der Waals surface area contributed by atoms with Crippen LogP contribution in [0.1, 0.15) is 13.8 Å². The highest BCUT2D eigenvalue weighted by molar-refractivity contribution is 7.99. The van der Waals surface area contributed by atoms with E-state index in [9.17, 15) is 9.59 Å². The lowest BCUT2D eigenvalue weighted by Gasteiger charge is -2.09. The molecule has 0 aromatic heterocycles. The third kappa shape index (κ3) is 10.0. The molecule has 0 bridgehead atoms. The van der Waals surface area contributed by atoms with Gasteiger partial charge >= 0.3 is 11.9 Å². The minimum Gasteiger partial charge on any atom is -0.490 e. The van der Waals surface area contributed by atoms with E-state index in [2.05, 4.69) is 37.4 Å². The molecule has 38 heavy (non-hydrogen) atoms. The first-order valence-corrected chi connectivity index (χ1v) is 13.5. The number of rotatable bonds is 14. The molecule has 0 aliphatic carbocycles. The van der Waals surface area contributed by atoms with E-state index in [-0.39, 0.29) is 26.4 Å². The average Bonchev–Trinajstić information content (AvgIpc) is 2.91. The largest absolute Gasteiger partial charge is 0.490 e. The Labute approximate surface area is 232 Å². The van der Waals surface area contributed by atoms with Crippen LogP contribution in [0, 0.1) is 0 Å². The first kappa shape index (κ1) is 28.9. The quantitative estimate of drug-likeness (QED) is 0.121. The van der Waals surface area contributed by atoms with Gasteiger partial charge in [0.2, 0.25) is 0 Å². The molecular weight excluding hydrogens is 520 g/mol. The Balaban J connectivity index is 1.40. The Hall–Kier alpha value is -3.62. The second kappa shape index (κ2) is 15.0. The maximum Gasteiger partial charge on any atom is 0.333 e. The van der Waals surface area contributed by atoms with Crippen molar-refractivity contribution in [3.05, 3.63) is 97.1 Å². The summed E-state index contributed by atoms with van der Waals surface area (Å²) in [6, 6.07) is 24.0. The van der Waals surface area contributed by atoms with Crippen LogP contribution in [0.25, 0.3) is 0 Å². The van der Waals surface area contributed by atoms with Gasteiger partial charge in [0.25, 0.3) is 0 Å². The Bertz CT molecular complexity index is 1140. The molecule has 0 aliphatic heterocycles. The van der Waals surface area contributed by atoms with E-state index in [1.165, 1.54) is 0 Å². The molecule has 0 amide bonds. The second-order valence-electron chi connectivity index (χ2n) is 8.15. The van der Waals surface area contributed by atoms with Gasteiger partial charge in [-0.05, 0) is 86.6 Å². The monoisotopic (exact) mass is 550 g/mol. The first-order valence-electron chi connectivity index (χ1n) is 11.9. The molecule has 0 unspecified atom stereocenters. The SMILES string of the molecule is C=C(C)C(=O)OCCOc1ccc(Sc2ccc(Sc3ccc(OCCOC(=O)C(=C)C)cc3)cc2)cc1. The molecule has 0 N–H and O–H groups in total. The van der Waals surface area contributed by atoms with Gasteiger partial charge in [-0.15, -0.1) is 0 Å². The molecule has 0 heterocycles. The Kier molecular flexibility index (Phi) is 11.4. The predicted molar refractivity (Wildman–Crippen MR) is 150 cm³/mol. The molecule has 0 radical (unpaired) electrons. The van der Waals surface area contributed by atoms with E-state index in [0.29, 0.717) is 11.1 Å². The van der Waals surface area contributed by atoms with Gasteiger partial charge in [0.05, 0.1) is 0 Å². The number of ether oxygens (including phenoxy) is 4. The van der Waals surface area contributed by atoms with E-state index in [0.717, 1.165) is 31.1 Å². The van der Waals surface area contributed by atoms with E-state index in [4.69, 9.17) is 18.9 Å². The summed E-state index contributed by atoms with van der Waals surface area (Å²) in [5.74, 6) is 0.611. The first-order chi connectivity index (χ1) is 18.3. The van der Waals surface area contributed by atoms with Crippen molar-refractivity contribution in [2.45, 2.75) is 33.4 Å². The second-order valence-corrected chi connectivity index (χ2v) is 10.4. The summed E-state index contributed by atoms with van der Waals surface area (Å²) in [5, 5.41) is 0. The summed E-state index contributed by atoms with van der Waals surface area (Å²) in [6.07, 6.45) is 0. The summed E-state index contributed by atoms with van der Waals surface area (Å²) in [5.41, 5.74) is 0.742. The van der Waals surface area contributed by atoms with Crippen molar-refractivity contribution in [3.8, 4) is 11.5 Å². The van der Waals surface area contributed by atoms with Crippen LogP contribution in [0.15, 0.2) is 117 Å². The average molecular weight is 551 g/mol. The molecule has 6 nitrogen and oxygen atoms in total. The van der Waals surface area contributed by atoms with Crippen molar-refractivity contribution < 1.29 is 28.5 Å². The number of hydrogen-bond donors (Lipinski definition) is 0. The van der Waals surface area contributed by atoms with E-state index in [1.807, 2.05) is 48.5 Å². The fourth-order valence-electron chi connectivity index (χ4n) is 2.89.